The minimum Gasteiger partial charge on any atom is -0.352 e. The molecule has 0 spiro atoms. The van der Waals surface area contributed by atoms with E-state index < -0.39 is 5.91 Å². The minimum atomic E-state index is -0.406. The van der Waals surface area contributed by atoms with Gasteiger partial charge in [-0.25, -0.2) is 0 Å². The number of ketones is 1. The lowest BCUT2D eigenvalue weighted by Gasteiger charge is -2.31. The number of Topliss-reactive ketones (excluding diaryl/α,β-unsaturated/α-hetero) is 1. The number of rotatable bonds is 6. The van der Waals surface area contributed by atoms with Gasteiger partial charge in [0.15, 0.2) is 5.78 Å². The number of benzene rings is 2. The van der Waals surface area contributed by atoms with Gasteiger partial charge in [0.2, 0.25) is 0 Å². The molecule has 5 heteroatoms. The quantitative estimate of drug-likeness (QED) is 0.565. The summed E-state index contributed by atoms with van der Waals surface area (Å²) in [6, 6.07) is 17.6. The van der Waals surface area contributed by atoms with Crippen molar-refractivity contribution in [3.63, 3.8) is 0 Å². The van der Waals surface area contributed by atoms with E-state index in [1.165, 1.54) is 10.1 Å². The molecule has 33 heavy (non-hydrogen) atoms. The molecule has 1 N–H and O–H groups in total. The highest BCUT2D eigenvalue weighted by molar-refractivity contribution is 6.04. The lowest BCUT2D eigenvalue weighted by molar-refractivity contribution is 0.0909. The molecule has 0 bridgehead atoms. The van der Waals surface area contributed by atoms with E-state index in [4.69, 9.17) is 0 Å². The largest absolute Gasteiger partial charge is 0.352 e. The van der Waals surface area contributed by atoms with Crippen LogP contribution in [-0.4, -0.2) is 22.8 Å². The topological polar surface area (TPSA) is 68.2 Å². The van der Waals surface area contributed by atoms with Crippen molar-refractivity contribution in [2.24, 2.45) is 5.41 Å². The Kier molecular flexibility index (Phi) is 6.32. The molecule has 1 aliphatic rings. The maximum absolute atomic E-state index is 13.5. The Morgan fingerprint density at radius 3 is 2.39 bits per heavy atom. The van der Waals surface area contributed by atoms with E-state index in [0.717, 1.165) is 18.4 Å². The first kappa shape index (κ1) is 22.7. The van der Waals surface area contributed by atoms with Crippen LogP contribution in [0.2, 0.25) is 0 Å². The number of pyridine rings is 1. The molecule has 0 radical (unpaired) electrons. The van der Waals surface area contributed by atoms with Crippen LogP contribution in [0, 0.1) is 12.3 Å². The zero-order chi connectivity index (χ0) is 23.6. The molecule has 1 aromatic heterocycles. The fourth-order valence-electron chi connectivity index (χ4n) is 4.50. The molecule has 0 atom stereocenters. The van der Waals surface area contributed by atoms with E-state index in [1.807, 2.05) is 63.2 Å². The third-order valence-electron chi connectivity index (χ3n) is 6.22. The van der Waals surface area contributed by atoms with E-state index in [9.17, 15) is 14.4 Å². The zero-order valence-corrected chi connectivity index (χ0v) is 19.5. The Morgan fingerprint density at radius 1 is 1.00 bits per heavy atom. The molecule has 4 rings (SSSR count). The minimum absolute atomic E-state index is 0.0276. The number of amides is 1. The van der Waals surface area contributed by atoms with Crippen LogP contribution in [0.5, 0.6) is 0 Å². The molecule has 0 aliphatic heterocycles. The fourth-order valence-corrected chi connectivity index (χ4v) is 4.50. The van der Waals surface area contributed by atoms with Crippen LogP contribution in [0.25, 0.3) is 5.69 Å². The van der Waals surface area contributed by atoms with Gasteiger partial charge in [0.25, 0.3) is 11.5 Å². The van der Waals surface area contributed by atoms with Crippen LogP contribution in [0.4, 0.5) is 0 Å². The summed E-state index contributed by atoms with van der Waals surface area (Å²) in [5.41, 5.74) is 3.38. The molecule has 0 fully saturated rings. The average Bonchev–Trinajstić information content (AvgIpc) is 2.77. The Hall–Kier alpha value is -3.47. The second kappa shape index (κ2) is 9.18. The van der Waals surface area contributed by atoms with Gasteiger partial charge in [-0.15, -0.1) is 0 Å². The number of carbonyl (C=O) groups excluding carboxylic acids is 2. The van der Waals surface area contributed by atoms with Gasteiger partial charge in [-0.05, 0) is 54.9 Å². The number of carbonyl (C=O) groups is 2. The molecule has 170 valence electrons. The van der Waals surface area contributed by atoms with Gasteiger partial charge in [0, 0.05) is 30.4 Å². The first-order chi connectivity index (χ1) is 15.7. The highest BCUT2D eigenvalue weighted by Gasteiger charge is 2.35. The SMILES string of the molecule is Cc1ccc(-n2cc3c(c(C(=O)NCCCc4ccccc4)c2=O)CC(C)(C)CC3=O)cc1. The highest BCUT2D eigenvalue weighted by Crippen LogP contribution is 2.35. The second-order valence-corrected chi connectivity index (χ2v) is 9.69. The van der Waals surface area contributed by atoms with Gasteiger partial charge in [-0.2, -0.15) is 0 Å². The molecule has 2 aromatic carbocycles. The van der Waals surface area contributed by atoms with Gasteiger partial charge in [-0.1, -0.05) is 61.9 Å². The monoisotopic (exact) mass is 442 g/mol. The van der Waals surface area contributed by atoms with Crippen molar-refractivity contribution in [2.45, 2.75) is 46.5 Å². The van der Waals surface area contributed by atoms with Gasteiger partial charge in [0.05, 0.1) is 0 Å². The van der Waals surface area contributed by atoms with Crippen molar-refractivity contribution in [3.05, 3.63) is 99.0 Å². The van der Waals surface area contributed by atoms with E-state index in [0.29, 0.717) is 36.2 Å². The highest BCUT2D eigenvalue weighted by atomic mass is 16.2. The number of aryl methyl sites for hydroxylation is 2. The van der Waals surface area contributed by atoms with Crippen molar-refractivity contribution in [1.29, 1.82) is 0 Å². The third kappa shape index (κ3) is 4.98. The summed E-state index contributed by atoms with van der Waals surface area (Å²) in [7, 11) is 0. The number of hydrogen-bond donors (Lipinski definition) is 1. The summed E-state index contributed by atoms with van der Waals surface area (Å²) in [5.74, 6) is -0.434. The van der Waals surface area contributed by atoms with Crippen molar-refractivity contribution >= 4 is 11.7 Å². The summed E-state index contributed by atoms with van der Waals surface area (Å²) in [5, 5.41) is 2.93. The number of hydrogen-bond acceptors (Lipinski definition) is 3. The van der Waals surface area contributed by atoms with E-state index in [2.05, 4.69) is 17.4 Å². The molecule has 3 aromatic rings. The van der Waals surface area contributed by atoms with E-state index >= 15 is 0 Å². The fraction of sp³-hybridized carbons (Fsp3) is 0.321. The van der Waals surface area contributed by atoms with Gasteiger partial charge in [0.1, 0.15) is 5.56 Å². The van der Waals surface area contributed by atoms with E-state index in [-0.39, 0.29) is 22.3 Å². The Labute approximate surface area is 194 Å². The van der Waals surface area contributed by atoms with Crippen molar-refractivity contribution in [3.8, 4) is 5.69 Å². The number of fused-ring (bicyclic) bond motifs is 1. The lowest BCUT2D eigenvalue weighted by atomic mass is 9.73. The smallest absolute Gasteiger partial charge is 0.268 e. The predicted molar refractivity (Wildman–Crippen MR) is 130 cm³/mol. The molecular weight excluding hydrogens is 412 g/mol. The molecular formula is C28H30N2O3. The third-order valence-corrected chi connectivity index (χ3v) is 6.22. The maximum Gasteiger partial charge on any atom is 0.268 e. The number of nitrogens with zero attached hydrogens (tertiary/aromatic N) is 1. The zero-order valence-electron chi connectivity index (χ0n) is 19.5. The first-order valence-corrected chi connectivity index (χ1v) is 11.5. The predicted octanol–water partition coefficient (Wildman–Crippen LogP) is 4.66. The van der Waals surface area contributed by atoms with Crippen LogP contribution < -0.4 is 10.9 Å². The summed E-state index contributed by atoms with van der Waals surface area (Å²) < 4.78 is 1.44. The lowest BCUT2D eigenvalue weighted by Crippen LogP contribution is -2.39. The van der Waals surface area contributed by atoms with Crippen molar-refractivity contribution in [1.82, 2.24) is 9.88 Å². The summed E-state index contributed by atoms with van der Waals surface area (Å²) >= 11 is 0. The first-order valence-electron chi connectivity index (χ1n) is 11.5. The van der Waals surface area contributed by atoms with Crippen LogP contribution in [0.1, 0.15) is 64.1 Å². The Morgan fingerprint density at radius 2 is 1.70 bits per heavy atom. The molecule has 1 heterocycles. The molecule has 0 unspecified atom stereocenters. The van der Waals surface area contributed by atoms with E-state index in [1.54, 1.807) is 6.20 Å². The molecule has 1 amide bonds. The molecule has 0 saturated carbocycles. The summed E-state index contributed by atoms with van der Waals surface area (Å²) in [4.78, 5) is 39.8. The number of aromatic nitrogens is 1. The standard InChI is InChI=1S/C28H30N2O3/c1-19-11-13-21(14-12-19)30-18-23-22(16-28(2,3)17-24(23)31)25(27(30)33)26(32)29-15-7-10-20-8-5-4-6-9-20/h4-6,8-9,11-14,18H,7,10,15-17H2,1-3H3,(H,29,32). The van der Waals surface area contributed by atoms with Gasteiger partial charge < -0.3 is 5.32 Å². The average molecular weight is 443 g/mol. The molecule has 1 aliphatic carbocycles. The Bertz CT molecular complexity index is 1240. The van der Waals surface area contributed by atoms with Gasteiger partial charge >= 0.3 is 0 Å². The normalized spacial score (nSPS) is 14.6. The van der Waals surface area contributed by atoms with Crippen LogP contribution >= 0.6 is 0 Å². The second-order valence-electron chi connectivity index (χ2n) is 9.69. The van der Waals surface area contributed by atoms with Crippen molar-refractivity contribution in [2.75, 3.05) is 6.54 Å². The van der Waals surface area contributed by atoms with Crippen LogP contribution in [0.3, 0.4) is 0 Å². The van der Waals surface area contributed by atoms with Crippen LogP contribution in [0.15, 0.2) is 65.6 Å². The maximum atomic E-state index is 13.5. The van der Waals surface area contributed by atoms with Crippen LogP contribution in [-0.2, 0) is 12.8 Å². The van der Waals surface area contributed by atoms with Crippen molar-refractivity contribution < 1.29 is 9.59 Å². The molecule has 0 saturated heterocycles. The Balaban J connectivity index is 1.67. The molecule has 5 nitrogen and oxygen atoms in total. The number of nitrogens with one attached hydrogen (secondary N) is 1. The van der Waals surface area contributed by atoms with Gasteiger partial charge in [-0.3, -0.25) is 19.0 Å². The summed E-state index contributed by atoms with van der Waals surface area (Å²) in [6.07, 6.45) is 4.13. The summed E-state index contributed by atoms with van der Waals surface area (Å²) in [6.45, 7) is 6.43.